The molecule has 2 N–H and O–H groups in total. The zero-order valence-corrected chi connectivity index (χ0v) is 14.3. The van der Waals surface area contributed by atoms with E-state index in [4.69, 9.17) is 10.5 Å². The lowest BCUT2D eigenvalue weighted by Crippen LogP contribution is -2.09. The highest BCUT2D eigenvalue weighted by molar-refractivity contribution is 9.10. The predicted molar refractivity (Wildman–Crippen MR) is 86.4 cm³/mol. The lowest BCUT2D eigenvalue weighted by Gasteiger charge is -2.11. The number of nitrogens with two attached hydrogens (primary N) is 1. The highest BCUT2D eigenvalue weighted by atomic mass is 79.9. The van der Waals surface area contributed by atoms with Gasteiger partial charge in [-0.05, 0) is 48.0 Å². The second-order valence-corrected chi connectivity index (χ2v) is 5.70. The molecule has 21 heavy (non-hydrogen) atoms. The molecule has 0 aliphatic rings. The van der Waals surface area contributed by atoms with Crippen molar-refractivity contribution in [1.82, 2.24) is 14.8 Å². The van der Waals surface area contributed by atoms with Crippen molar-refractivity contribution in [3.63, 3.8) is 0 Å². The number of halogens is 1. The molecule has 0 radical (unpaired) electrons. The van der Waals surface area contributed by atoms with Crippen molar-refractivity contribution in [3.8, 4) is 5.75 Å². The first-order chi connectivity index (χ1) is 10.1. The molecule has 0 aliphatic carbocycles. The monoisotopic (exact) mass is 352 g/mol. The van der Waals surface area contributed by atoms with Crippen LogP contribution < -0.4 is 10.5 Å². The smallest absolute Gasteiger partial charge is 0.141 e. The Bertz CT molecular complexity index is 624. The summed E-state index contributed by atoms with van der Waals surface area (Å²) < 4.78 is 8.82. The number of nitrogens with zero attached hydrogens (tertiary/aromatic N) is 3. The molecule has 0 saturated heterocycles. The lowest BCUT2D eigenvalue weighted by molar-refractivity contribution is 0.289. The van der Waals surface area contributed by atoms with Crippen LogP contribution in [0.5, 0.6) is 5.75 Å². The number of aromatic nitrogens is 3. The Labute approximate surface area is 133 Å². The van der Waals surface area contributed by atoms with E-state index in [0.29, 0.717) is 19.6 Å². The van der Waals surface area contributed by atoms with Gasteiger partial charge in [0.25, 0.3) is 0 Å². The van der Waals surface area contributed by atoms with Crippen LogP contribution in [0.25, 0.3) is 0 Å². The van der Waals surface area contributed by atoms with Crippen LogP contribution in [0.4, 0.5) is 0 Å². The Morgan fingerprint density at radius 1 is 1.33 bits per heavy atom. The summed E-state index contributed by atoms with van der Waals surface area (Å²) in [6, 6.07) is 3.91. The number of aryl methyl sites for hydroxylation is 3. The van der Waals surface area contributed by atoms with Crippen molar-refractivity contribution >= 4 is 15.9 Å². The maximum Gasteiger partial charge on any atom is 0.141 e. The average molecular weight is 353 g/mol. The minimum absolute atomic E-state index is 0.451. The molecule has 2 rings (SSSR count). The second-order valence-electron chi connectivity index (χ2n) is 4.91. The molecule has 0 unspecified atom stereocenters. The van der Waals surface area contributed by atoms with E-state index in [1.54, 1.807) is 0 Å². The number of hydrogen-bond acceptors (Lipinski definition) is 4. The summed E-state index contributed by atoms with van der Waals surface area (Å²) in [5, 5.41) is 4.47. The van der Waals surface area contributed by atoms with Crippen LogP contribution in [0.3, 0.4) is 0 Å². The molecule has 0 aliphatic heterocycles. The zero-order valence-electron chi connectivity index (χ0n) is 12.7. The van der Waals surface area contributed by atoms with E-state index in [2.05, 4.69) is 32.9 Å². The molecule has 0 atom stereocenters. The molecule has 5 nitrogen and oxygen atoms in total. The summed E-state index contributed by atoms with van der Waals surface area (Å²) in [6.07, 6.45) is 1.60. The molecule has 6 heteroatoms. The largest absolute Gasteiger partial charge is 0.485 e. The Morgan fingerprint density at radius 2 is 2.10 bits per heavy atom. The van der Waals surface area contributed by atoms with Gasteiger partial charge in [-0.15, -0.1) is 0 Å². The lowest BCUT2D eigenvalue weighted by atomic mass is 10.2. The van der Waals surface area contributed by atoms with Gasteiger partial charge in [0.15, 0.2) is 0 Å². The molecule has 2 heterocycles. The van der Waals surface area contributed by atoms with Crippen LogP contribution in [-0.2, 0) is 26.5 Å². The number of ether oxygens (including phenoxy) is 1. The van der Waals surface area contributed by atoms with Crippen LogP contribution in [-0.4, -0.2) is 21.3 Å². The Balaban J connectivity index is 2.18. The van der Waals surface area contributed by atoms with Crippen molar-refractivity contribution < 1.29 is 4.74 Å². The Kier molecular flexibility index (Phi) is 5.36. The van der Waals surface area contributed by atoms with Gasteiger partial charge in [-0.1, -0.05) is 6.92 Å². The van der Waals surface area contributed by atoms with Crippen molar-refractivity contribution in [1.29, 1.82) is 0 Å². The third-order valence-electron chi connectivity index (χ3n) is 3.32. The van der Waals surface area contributed by atoms with E-state index in [1.807, 2.05) is 30.8 Å². The third-order valence-corrected chi connectivity index (χ3v) is 4.24. The molecule has 0 spiro atoms. The van der Waals surface area contributed by atoms with Gasteiger partial charge < -0.3 is 10.5 Å². The molecular weight excluding hydrogens is 332 g/mol. The fraction of sp³-hybridized carbons (Fsp3) is 0.467. The molecule has 0 amide bonds. The van der Waals surface area contributed by atoms with Crippen LogP contribution in [0.1, 0.15) is 29.7 Å². The minimum atomic E-state index is 0.451. The molecule has 0 fully saturated rings. The van der Waals surface area contributed by atoms with Crippen molar-refractivity contribution in [2.24, 2.45) is 12.8 Å². The van der Waals surface area contributed by atoms with E-state index >= 15 is 0 Å². The maximum absolute atomic E-state index is 5.94. The van der Waals surface area contributed by atoms with Crippen LogP contribution in [0.2, 0.25) is 0 Å². The summed E-state index contributed by atoms with van der Waals surface area (Å²) in [5.74, 6) is 0.789. The quantitative estimate of drug-likeness (QED) is 0.867. The van der Waals surface area contributed by atoms with Crippen molar-refractivity contribution in [2.75, 3.05) is 6.54 Å². The number of hydrogen-bond donors (Lipinski definition) is 1. The number of pyridine rings is 1. The van der Waals surface area contributed by atoms with Crippen LogP contribution in [0, 0.1) is 6.92 Å². The molecule has 2 aromatic heterocycles. The van der Waals surface area contributed by atoms with E-state index in [-0.39, 0.29) is 0 Å². The summed E-state index contributed by atoms with van der Waals surface area (Å²) in [7, 11) is 1.93. The first kappa shape index (κ1) is 16.0. The van der Waals surface area contributed by atoms with Gasteiger partial charge in [0.05, 0.1) is 21.6 Å². The second kappa shape index (κ2) is 7.04. The van der Waals surface area contributed by atoms with E-state index in [1.165, 1.54) is 0 Å². The van der Waals surface area contributed by atoms with Crippen molar-refractivity contribution in [3.05, 3.63) is 39.4 Å². The van der Waals surface area contributed by atoms with Gasteiger partial charge in [-0.3, -0.25) is 9.67 Å². The Morgan fingerprint density at radius 3 is 2.71 bits per heavy atom. The summed E-state index contributed by atoms with van der Waals surface area (Å²) >= 11 is 3.60. The average Bonchev–Trinajstić information content (AvgIpc) is 2.73. The summed E-state index contributed by atoms with van der Waals surface area (Å²) in [6.45, 7) is 5.06. The summed E-state index contributed by atoms with van der Waals surface area (Å²) in [5.41, 5.74) is 9.58. The van der Waals surface area contributed by atoms with Gasteiger partial charge in [-0.25, -0.2) is 0 Å². The van der Waals surface area contributed by atoms with Gasteiger partial charge in [0, 0.05) is 19.2 Å². The van der Waals surface area contributed by atoms with Crippen LogP contribution in [0.15, 0.2) is 16.6 Å². The van der Waals surface area contributed by atoms with Gasteiger partial charge in [-0.2, -0.15) is 5.10 Å². The van der Waals surface area contributed by atoms with Crippen molar-refractivity contribution in [2.45, 2.75) is 33.3 Å². The summed E-state index contributed by atoms with van der Waals surface area (Å²) in [4.78, 5) is 4.50. The molecule has 0 aromatic carbocycles. The third kappa shape index (κ3) is 3.63. The number of rotatable bonds is 6. The maximum atomic E-state index is 5.94. The van der Waals surface area contributed by atoms with Gasteiger partial charge in [0.2, 0.25) is 0 Å². The first-order valence-electron chi connectivity index (χ1n) is 7.06. The highest BCUT2D eigenvalue weighted by Gasteiger charge is 2.14. The molecule has 0 bridgehead atoms. The topological polar surface area (TPSA) is 66.0 Å². The predicted octanol–water partition coefficient (Wildman–Crippen LogP) is 2.53. The molecule has 114 valence electrons. The van der Waals surface area contributed by atoms with Gasteiger partial charge >= 0.3 is 0 Å². The fourth-order valence-corrected chi connectivity index (χ4v) is 2.90. The Hall–Kier alpha value is -1.40. The molecular formula is C15H21BrN4O. The zero-order chi connectivity index (χ0) is 15.4. The SMILES string of the molecule is CCc1nn(C)c(COc2ccc(C)nc2CCN)c1Br. The van der Waals surface area contributed by atoms with E-state index in [9.17, 15) is 0 Å². The van der Waals surface area contributed by atoms with E-state index in [0.717, 1.165) is 39.4 Å². The molecule has 2 aromatic rings. The van der Waals surface area contributed by atoms with E-state index < -0.39 is 0 Å². The molecule has 0 saturated carbocycles. The normalized spacial score (nSPS) is 10.9. The van der Waals surface area contributed by atoms with Gasteiger partial charge in [0.1, 0.15) is 12.4 Å². The first-order valence-corrected chi connectivity index (χ1v) is 7.85. The standard InChI is InChI=1S/C15H21BrN4O/c1-4-11-15(16)13(20(3)19-11)9-21-14-6-5-10(2)18-12(14)7-8-17/h5-6H,4,7-9,17H2,1-3H3. The highest BCUT2D eigenvalue weighted by Crippen LogP contribution is 2.24. The minimum Gasteiger partial charge on any atom is -0.485 e. The fourth-order valence-electron chi connectivity index (χ4n) is 2.17. The van der Waals surface area contributed by atoms with Crippen LogP contribution >= 0.6 is 15.9 Å².